The number of rotatable bonds is 5. The predicted molar refractivity (Wildman–Crippen MR) is 140 cm³/mol. The van der Waals surface area contributed by atoms with Gasteiger partial charge in [0, 0.05) is 49.4 Å². The monoisotopic (exact) mass is 521 g/mol. The van der Waals surface area contributed by atoms with Crippen LogP contribution in [-0.2, 0) is 24.4 Å². The van der Waals surface area contributed by atoms with Gasteiger partial charge in [-0.25, -0.2) is 9.07 Å². The van der Waals surface area contributed by atoms with Crippen LogP contribution in [0.3, 0.4) is 0 Å². The van der Waals surface area contributed by atoms with Crippen LogP contribution in [0.4, 0.5) is 4.39 Å². The summed E-state index contributed by atoms with van der Waals surface area (Å²) in [5, 5.41) is 23.8. The lowest BCUT2D eigenvalue weighted by molar-refractivity contribution is 0.0538. The van der Waals surface area contributed by atoms with Crippen LogP contribution in [0.15, 0.2) is 30.6 Å². The molecule has 1 saturated heterocycles. The van der Waals surface area contributed by atoms with E-state index < -0.39 is 24.3 Å². The summed E-state index contributed by atoms with van der Waals surface area (Å²) in [7, 11) is 3.40. The number of aliphatic hydroxyl groups is 1. The van der Waals surface area contributed by atoms with Crippen LogP contribution >= 0.6 is 0 Å². The molecule has 38 heavy (non-hydrogen) atoms. The highest BCUT2D eigenvalue weighted by Gasteiger charge is 2.37. The zero-order valence-corrected chi connectivity index (χ0v) is 21.7. The molecule has 1 fully saturated rings. The fraction of sp³-hybridized carbons (Fsp3) is 0.444. The fourth-order valence-electron chi connectivity index (χ4n) is 5.66. The lowest BCUT2D eigenvalue weighted by Gasteiger charge is -2.32. The second kappa shape index (κ2) is 8.95. The highest BCUT2D eigenvalue weighted by molar-refractivity contribution is 6.06. The Hall–Kier alpha value is -3.70. The number of nitrogens with zero attached hydrogens (tertiary/aromatic N) is 8. The van der Waals surface area contributed by atoms with Gasteiger partial charge >= 0.3 is 0 Å². The summed E-state index contributed by atoms with van der Waals surface area (Å²) in [5.74, 6) is -0.501. The average molecular weight is 522 g/mol. The summed E-state index contributed by atoms with van der Waals surface area (Å²) in [6.07, 6.45) is 4.49. The van der Waals surface area contributed by atoms with Gasteiger partial charge in [-0.15, -0.1) is 5.10 Å². The molecule has 1 aliphatic heterocycles. The van der Waals surface area contributed by atoms with Gasteiger partial charge in [0.25, 0.3) is 0 Å². The smallest absolute Gasteiger partial charge is 0.146 e. The molecule has 0 amide bonds. The molecule has 10 nitrogen and oxygen atoms in total. The first-order chi connectivity index (χ1) is 19.4. The number of ether oxygens (including phenoxy) is 1. The van der Waals surface area contributed by atoms with Gasteiger partial charge in [-0.1, -0.05) is 5.21 Å². The summed E-state index contributed by atoms with van der Waals surface area (Å²) in [4.78, 5) is 9.31. The van der Waals surface area contributed by atoms with Gasteiger partial charge in [0.15, 0.2) is 0 Å². The number of pyridine rings is 2. The van der Waals surface area contributed by atoms with E-state index in [1.807, 2.05) is 10.6 Å². The van der Waals surface area contributed by atoms with Crippen LogP contribution < -0.4 is 0 Å². The molecule has 0 bridgehead atoms. The van der Waals surface area contributed by atoms with Gasteiger partial charge < -0.3 is 14.4 Å². The normalized spacial score (nSPS) is 17.6. The number of aromatic nitrogens is 8. The average Bonchev–Trinajstić information content (AvgIpc) is 3.57. The van der Waals surface area contributed by atoms with E-state index in [1.54, 1.807) is 51.1 Å². The molecule has 0 aliphatic carbocycles. The van der Waals surface area contributed by atoms with Crippen LogP contribution in [0.5, 0.6) is 0 Å². The topological polar surface area (TPSA) is 109 Å². The van der Waals surface area contributed by atoms with Crippen LogP contribution in [-0.4, -0.2) is 57.6 Å². The van der Waals surface area contributed by atoms with Crippen molar-refractivity contribution in [3.8, 4) is 11.3 Å². The molecule has 5 aromatic rings. The molecule has 1 unspecified atom stereocenters. The molecular weight excluding hydrogens is 487 g/mol. The van der Waals surface area contributed by atoms with Crippen molar-refractivity contribution in [1.82, 2.24) is 39.3 Å². The third-order valence-corrected chi connectivity index (χ3v) is 7.35. The van der Waals surface area contributed by atoms with Crippen molar-refractivity contribution in [2.75, 3.05) is 13.2 Å². The molecule has 198 valence electrons. The molecule has 5 aromatic heterocycles. The van der Waals surface area contributed by atoms with E-state index in [1.165, 1.54) is 10.7 Å². The van der Waals surface area contributed by atoms with Crippen LogP contribution in [0.1, 0.15) is 53.9 Å². The lowest BCUT2D eigenvalue weighted by atomic mass is 9.88. The first kappa shape index (κ1) is 21.3. The van der Waals surface area contributed by atoms with Crippen molar-refractivity contribution < 1.29 is 18.3 Å². The van der Waals surface area contributed by atoms with Crippen molar-refractivity contribution >= 4 is 22.1 Å². The minimum atomic E-state index is -2.50. The van der Waals surface area contributed by atoms with Gasteiger partial charge in [-0.2, -0.15) is 5.10 Å². The van der Waals surface area contributed by atoms with E-state index >= 15 is 4.39 Å². The van der Waals surface area contributed by atoms with E-state index in [0.29, 0.717) is 65.1 Å². The SMILES string of the molecule is [2H]C([2H])([2H])c1nnn(C)c1-c1cnc2c3c(c(C(C)(C)O)nn3C)n(C(c3ncccc3F)C3CCOCC3)c2c1. The van der Waals surface area contributed by atoms with Crippen LogP contribution in [0.25, 0.3) is 33.3 Å². The van der Waals surface area contributed by atoms with E-state index in [9.17, 15) is 5.11 Å². The summed E-state index contributed by atoms with van der Waals surface area (Å²) in [5.41, 5.74) is 2.47. The quantitative estimate of drug-likeness (QED) is 0.375. The zero-order valence-electron chi connectivity index (χ0n) is 24.7. The molecule has 11 heteroatoms. The third kappa shape index (κ3) is 3.80. The first-order valence-electron chi connectivity index (χ1n) is 14.1. The number of halogens is 1. The number of hydrogen-bond acceptors (Lipinski definition) is 7. The molecule has 0 saturated carbocycles. The Morgan fingerprint density at radius 3 is 2.68 bits per heavy atom. The Morgan fingerprint density at radius 2 is 1.97 bits per heavy atom. The molecule has 0 radical (unpaired) electrons. The standard InChI is InChI=1S/C27H31FN8O2/c1-15-22(35(5)33-31-15)17-13-19-21(30-14-17)24-25(26(27(2,3)37)32-34(24)4)36(19)23(16-8-11-38-12-9-16)20-18(28)7-6-10-29-20/h6-7,10,13-14,16,23,37H,8-9,11-12H2,1-5H3/i1D3. The second-order valence-corrected chi connectivity index (χ2v) is 10.4. The van der Waals surface area contributed by atoms with Gasteiger partial charge in [0.1, 0.15) is 28.1 Å². The predicted octanol–water partition coefficient (Wildman–Crippen LogP) is 3.80. The van der Waals surface area contributed by atoms with E-state index in [-0.39, 0.29) is 17.3 Å². The maximum Gasteiger partial charge on any atom is 0.146 e. The summed E-state index contributed by atoms with van der Waals surface area (Å²) >= 11 is 0. The molecule has 1 aliphatic rings. The second-order valence-electron chi connectivity index (χ2n) is 10.4. The van der Waals surface area contributed by atoms with Gasteiger partial charge in [-0.3, -0.25) is 14.6 Å². The van der Waals surface area contributed by atoms with E-state index in [0.717, 1.165) is 0 Å². The third-order valence-electron chi connectivity index (χ3n) is 7.35. The minimum absolute atomic E-state index is 0.0539. The number of fused-ring (bicyclic) bond motifs is 3. The summed E-state index contributed by atoms with van der Waals surface area (Å²) in [6, 6.07) is 4.19. The Kier molecular flexibility index (Phi) is 5.01. The van der Waals surface area contributed by atoms with Crippen molar-refractivity contribution in [3.05, 3.63) is 53.5 Å². The van der Waals surface area contributed by atoms with Gasteiger partial charge in [0.2, 0.25) is 0 Å². The van der Waals surface area contributed by atoms with Gasteiger partial charge in [-0.05, 0) is 57.7 Å². The molecule has 0 aromatic carbocycles. The van der Waals surface area contributed by atoms with Crippen molar-refractivity contribution in [1.29, 1.82) is 0 Å². The molecule has 1 N–H and O–H groups in total. The Bertz CT molecular complexity index is 1760. The van der Waals surface area contributed by atoms with Gasteiger partial charge in [0.05, 0.1) is 34.2 Å². The first-order valence-corrected chi connectivity index (χ1v) is 12.6. The number of aryl methyl sites for hydroxylation is 3. The zero-order chi connectivity index (χ0) is 29.3. The fourth-order valence-corrected chi connectivity index (χ4v) is 5.66. The summed E-state index contributed by atoms with van der Waals surface area (Å²) < 4.78 is 50.3. The maximum atomic E-state index is 15.6. The lowest BCUT2D eigenvalue weighted by Crippen LogP contribution is -2.29. The number of hydrogen-bond donors (Lipinski definition) is 1. The molecule has 6 heterocycles. The van der Waals surface area contributed by atoms with Crippen LogP contribution in [0.2, 0.25) is 0 Å². The van der Waals surface area contributed by atoms with E-state index in [4.69, 9.17) is 13.8 Å². The highest BCUT2D eigenvalue weighted by Crippen LogP contribution is 2.43. The molecule has 1 atom stereocenters. The largest absolute Gasteiger partial charge is 0.384 e. The molecular formula is C27H31FN8O2. The Balaban J connectivity index is 1.74. The highest BCUT2D eigenvalue weighted by atomic mass is 19.1. The van der Waals surface area contributed by atoms with Crippen LogP contribution in [0, 0.1) is 18.6 Å². The van der Waals surface area contributed by atoms with Crippen molar-refractivity contribution in [3.63, 3.8) is 0 Å². The molecule has 0 spiro atoms. The Morgan fingerprint density at radius 1 is 1.18 bits per heavy atom. The van der Waals surface area contributed by atoms with Crippen molar-refractivity contribution in [2.45, 2.75) is 45.2 Å². The molecule has 6 rings (SSSR count). The minimum Gasteiger partial charge on any atom is -0.384 e. The van der Waals surface area contributed by atoms with E-state index in [2.05, 4.69) is 20.4 Å². The van der Waals surface area contributed by atoms with Crippen molar-refractivity contribution in [2.24, 2.45) is 20.0 Å². The summed E-state index contributed by atoms with van der Waals surface area (Å²) in [6.45, 7) is 1.87. The Labute approximate surface area is 223 Å². The maximum absolute atomic E-state index is 15.6.